The maximum Gasteiger partial charge on any atom is 0.264 e. The molecule has 3 rings (SSSR count). The normalized spacial score (nSPS) is 12.0. The minimum atomic E-state index is -4.26. The number of nitrogens with one attached hydrogen (secondary N) is 1. The average molecular weight is 566 g/mol. The molecule has 196 valence electrons. The van der Waals surface area contributed by atoms with E-state index in [4.69, 9.17) is 23.2 Å². The van der Waals surface area contributed by atoms with Crippen molar-refractivity contribution in [2.75, 3.05) is 17.4 Å². The van der Waals surface area contributed by atoms with Crippen LogP contribution in [0.15, 0.2) is 77.7 Å². The van der Waals surface area contributed by atoms with Gasteiger partial charge in [0.05, 0.1) is 15.6 Å². The third-order valence-corrected chi connectivity index (χ3v) is 7.87. The molecule has 11 heteroatoms. The Morgan fingerprint density at radius 2 is 1.70 bits per heavy atom. The van der Waals surface area contributed by atoms with Gasteiger partial charge in [-0.1, -0.05) is 53.5 Å². The third kappa shape index (κ3) is 7.00. The first kappa shape index (κ1) is 28.4. The van der Waals surface area contributed by atoms with Gasteiger partial charge in [-0.25, -0.2) is 12.8 Å². The standard InChI is InChI=1S/C26H26Cl2FN3O4S/c1-3-30-26(34)18(2)31(16-19-8-7-9-20(27)14-19)25(33)17-32(21-12-13-24(29)23(28)15-21)37(35,36)22-10-5-4-6-11-22/h4-15,18H,3,16-17H2,1-2H3,(H,30,34)/t18-/m0/s1. The topological polar surface area (TPSA) is 86.8 Å². The van der Waals surface area contributed by atoms with Gasteiger partial charge < -0.3 is 10.2 Å². The monoisotopic (exact) mass is 565 g/mol. The maximum absolute atomic E-state index is 13.9. The Hall–Kier alpha value is -3.14. The number of sulfonamides is 1. The number of amides is 2. The number of likely N-dealkylation sites (N-methyl/N-ethyl adjacent to an activating group) is 1. The summed E-state index contributed by atoms with van der Waals surface area (Å²) in [5.74, 6) is -1.79. The van der Waals surface area contributed by atoms with Crippen LogP contribution in [-0.2, 0) is 26.2 Å². The summed E-state index contributed by atoms with van der Waals surface area (Å²) in [7, 11) is -4.26. The lowest BCUT2D eigenvalue weighted by molar-refractivity contribution is -0.139. The lowest BCUT2D eigenvalue weighted by Crippen LogP contribution is -2.51. The second-order valence-electron chi connectivity index (χ2n) is 8.15. The number of carbonyl (C=O) groups excluding carboxylic acids is 2. The number of anilines is 1. The van der Waals surface area contributed by atoms with E-state index < -0.39 is 40.2 Å². The quantitative estimate of drug-likeness (QED) is 0.379. The third-order valence-electron chi connectivity index (χ3n) is 5.56. The summed E-state index contributed by atoms with van der Waals surface area (Å²) in [4.78, 5) is 27.6. The van der Waals surface area contributed by atoms with Crippen LogP contribution in [0.1, 0.15) is 19.4 Å². The number of carbonyl (C=O) groups is 2. The zero-order valence-corrected chi connectivity index (χ0v) is 22.5. The molecule has 0 unspecified atom stereocenters. The van der Waals surface area contributed by atoms with Crippen molar-refractivity contribution in [3.63, 3.8) is 0 Å². The number of nitrogens with zero attached hydrogens (tertiary/aromatic N) is 2. The Bertz CT molecular complexity index is 1370. The molecule has 0 saturated heterocycles. The molecule has 7 nitrogen and oxygen atoms in total. The number of benzene rings is 3. The summed E-state index contributed by atoms with van der Waals surface area (Å²) in [6.45, 7) is 2.99. The van der Waals surface area contributed by atoms with Crippen LogP contribution in [0.25, 0.3) is 0 Å². The lowest BCUT2D eigenvalue weighted by atomic mass is 10.1. The van der Waals surface area contributed by atoms with Crippen LogP contribution >= 0.6 is 23.2 Å². The van der Waals surface area contributed by atoms with Crippen LogP contribution < -0.4 is 9.62 Å². The van der Waals surface area contributed by atoms with E-state index in [0.717, 1.165) is 16.4 Å². The Kier molecular flexibility index (Phi) is 9.53. The molecule has 0 radical (unpaired) electrons. The Morgan fingerprint density at radius 3 is 2.32 bits per heavy atom. The van der Waals surface area contributed by atoms with Gasteiger partial charge in [0, 0.05) is 18.1 Å². The van der Waals surface area contributed by atoms with Gasteiger partial charge >= 0.3 is 0 Å². The molecule has 0 saturated carbocycles. The fourth-order valence-electron chi connectivity index (χ4n) is 3.63. The molecule has 0 spiro atoms. The van der Waals surface area contributed by atoms with Crippen molar-refractivity contribution in [2.24, 2.45) is 0 Å². The molecule has 37 heavy (non-hydrogen) atoms. The molecule has 0 heterocycles. The van der Waals surface area contributed by atoms with Crippen molar-refractivity contribution in [2.45, 2.75) is 31.3 Å². The Morgan fingerprint density at radius 1 is 1.00 bits per heavy atom. The highest BCUT2D eigenvalue weighted by molar-refractivity contribution is 7.92. The molecule has 0 aliphatic rings. The second kappa shape index (κ2) is 12.4. The number of halogens is 3. The summed E-state index contributed by atoms with van der Waals surface area (Å²) >= 11 is 12.1. The molecule has 0 aliphatic heterocycles. The minimum Gasteiger partial charge on any atom is -0.355 e. The highest BCUT2D eigenvalue weighted by Gasteiger charge is 2.32. The van der Waals surface area contributed by atoms with Gasteiger partial charge in [-0.3, -0.25) is 13.9 Å². The molecule has 1 N–H and O–H groups in total. The fraction of sp³-hybridized carbons (Fsp3) is 0.231. The molecule has 0 fully saturated rings. The fourth-order valence-corrected chi connectivity index (χ4v) is 5.44. The predicted octanol–water partition coefficient (Wildman–Crippen LogP) is 4.88. The van der Waals surface area contributed by atoms with E-state index in [-0.39, 0.29) is 22.2 Å². The SMILES string of the molecule is CCNC(=O)[C@H](C)N(Cc1cccc(Cl)c1)C(=O)CN(c1ccc(F)c(Cl)c1)S(=O)(=O)c1ccccc1. The molecule has 3 aromatic carbocycles. The first-order valence-corrected chi connectivity index (χ1v) is 13.6. The van der Waals surface area contributed by atoms with E-state index in [1.807, 2.05) is 0 Å². The molecule has 0 aromatic heterocycles. The van der Waals surface area contributed by atoms with E-state index >= 15 is 0 Å². The van der Waals surface area contributed by atoms with Crippen LogP contribution in [-0.4, -0.2) is 44.3 Å². The molecule has 0 bridgehead atoms. The highest BCUT2D eigenvalue weighted by Crippen LogP contribution is 2.28. The van der Waals surface area contributed by atoms with Gasteiger partial charge in [0.25, 0.3) is 10.0 Å². The van der Waals surface area contributed by atoms with Crippen molar-refractivity contribution in [3.8, 4) is 0 Å². The van der Waals surface area contributed by atoms with Gasteiger partial charge in [-0.05, 0) is 61.9 Å². The number of hydrogen-bond donors (Lipinski definition) is 1. The molecule has 0 aliphatic carbocycles. The molecule has 1 atom stereocenters. The zero-order chi connectivity index (χ0) is 27.2. The van der Waals surface area contributed by atoms with Crippen LogP contribution in [0.4, 0.5) is 10.1 Å². The Labute approximate surface area is 225 Å². The van der Waals surface area contributed by atoms with Gasteiger partial charge in [-0.15, -0.1) is 0 Å². The van der Waals surface area contributed by atoms with Crippen molar-refractivity contribution >= 4 is 50.7 Å². The van der Waals surface area contributed by atoms with Crippen LogP contribution in [0.5, 0.6) is 0 Å². The molecule has 2 amide bonds. The molecule has 3 aromatic rings. The van der Waals surface area contributed by atoms with E-state index in [0.29, 0.717) is 17.1 Å². The highest BCUT2D eigenvalue weighted by atomic mass is 35.5. The summed E-state index contributed by atoms with van der Waals surface area (Å²) in [6.07, 6.45) is 0. The van der Waals surface area contributed by atoms with Crippen molar-refractivity contribution in [3.05, 3.63) is 94.2 Å². The second-order valence-corrected chi connectivity index (χ2v) is 10.9. The smallest absolute Gasteiger partial charge is 0.264 e. The molecular weight excluding hydrogens is 540 g/mol. The first-order chi connectivity index (χ1) is 17.5. The van der Waals surface area contributed by atoms with E-state index in [1.54, 1.807) is 56.3 Å². The van der Waals surface area contributed by atoms with Gasteiger partial charge in [0.15, 0.2) is 0 Å². The van der Waals surface area contributed by atoms with E-state index in [2.05, 4.69) is 5.32 Å². The minimum absolute atomic E-state index is 0.00108. The summed E-state index contributed by atoms with van der Waals surface area (Å²) in [5, 5.41) is 2.83. The first-order valence-electron chi connectivity index (χ1n) is 11.4. The average Bonchev–Trinajstić information content (AvgIpc) is 2.87. The maximum atomic E-state index is 13.9. The largest absolute Gasteiger partial charge is 0.355 e. The Balaban J connectivity index is 2.04. The van der Waals surface area contributed by atoms with Gasteiger partial charge in [-0.2, -0.15) is 0 Å². The summed E-state index contributed by atoms with van der Waals surface area (Å²) < 4.78 is 42.0. The van der Waals surface area contributed by atoms with Crippen molar-refractivity contribution < 1.29 is 22.4 Å². The van der Waals surface area contributed by atoms with E-state index in [1.165, 1.54) is 23.1 Å². The number of rotatable bonds is 10. The van der Waals surface area contributed by atoms with E-state index in [9.17, 15) is 22.4 Å². The lowest BCUT2D eigenvalue weighted by Gasteiger charge is -2.32. The van der Waals surface area contributed by atoms with Gasteiger partial charge in [0.1, 0.15) is 18.4 Å². The van der Waals surface area contributed by atoms with Crippen LogP contribution in [0.2, 0.25) is 10.0 Å². The van der Waals surface area contributed by atoms with Gasteiger partial charge in [0.2, 0.25) is 11.8 Å². The summed E-state index contributed by atoms with van der Waals surface area (Å²) in [5.41, 5.74) is 0.649. The van der Waals surface area contributed by atoms with Crippen molar-refractivity contribution in [1.29, 1.82) is 0 Å². The molecular formula is C26H26Cl2FN3O4S. The van der Waals surface area contributed by atoms with Crippen molar-refractivity contribution in [1.82, 2.24) is 10.2 Å². The number of hydrogen-bond acceptors (Lipinski definition) is 4. The predicted molar refractivity (Wildman–Crippen MR) is 143 cm³/mol. The summed E-state index contributed by atoms with van der Waals surface area (Å²) in [6, 6.07) is 16.8. The van der Waals surface area contributed by atoms with Crippen LogP contribution in [0, 0.1) is 5.82 Å². The van der Waals surface area contributed by atoms with Crippen LogP contribution in [0.3, 0.4) is 0 Å². The zero-order valence-electron chi connectivity index (χ0n) is 20.2.